The quantitative estimate of drug-likeness (QED) is 0.584. The molecule has 5 rings (SSSR count). The van der Waals surface area contributed by atoms with E-state index in [4.69, 9.17) is 0 Å². The van der Waals surface area contributed by atoms with Crippen molar-refractivity contribution >= 4 is 47.9 Å². The number of aryl methyl sites for hydroxylation is 1. The molecule has 1 amide bonds. The molecular formula is C23H31N3O6S3. The molecule has 2 unspecified atom stereocenters. The number of fused-ring (bicyclic) bond motifs is 2. The fraction of sp³-hybridized carbons (Fsp3) is 0.652. The number of sulfone groups is 1. The van der Waals surface area contributed by atoms with Crippen molar-refractivity contribution in [1.29, 1.82) is 0 Å². The van der Waals surface area contributed by atoms with E-state index in [2.05, 4.69) is 9.71 Å². The number of carbonyl (C=O) groups is 1. The third kappa shape index (κ3) is 4.64. The Morgan fingerprint density at radius 3 is 2.54 bits per heavy atom. The van der Waals surface area contributed by atoms with E-state index >= 15 is 0 Å². The first kappa shape index (κ1) is 24.8. The highest BCUT2D eigenvalue weighted by atomic mass is 32.2. The number of nitrogens with one attached hydrogen (secondary N) is 1. The Hall–Kier alpha value is -1.92. The summed E-state index contributed by atoms with van der Waals surface area (Å²) in [4.78, 5) is 15.7. The zero-order valence-corrected chi connectivity index (χ0v) is 22.1. The van der Waals surface area contributed by atoms with E-state index in [1.165, 1.54) is 0 Å². The van der Waals surface area contributed by atoms with Gasteiger partial charge >= 0.3 is 0 Å². The fourth-order valence-electron chi connectivity index (χ4n) is 5.98. The number of hydrogen-bond acceptors (Lipinski definition) is 8. The van der Waals surface area contributed by atoms with Crippen molar-refractivity contribution in [1.82, 2.24) is 4.90 Å². The largest absolute Gasteiger partial charge is 0.511 e. The average Bonchev–Trinajstić information content (AvgIpc) is 3.22. The van der Waals surface area contributed by atoms with Crippen molar-refractivity contribution in [2.75, 3.05) is 17.3 Å². The molecule has 1 aromatic heterocycles. The number of rotatable bonds is 5. The number of sulfonamides is 1. The molecule has 0 bridgehead atoms. The minimum atomic E-state index is -4.19. The summed E-state index contributed by atoms with van der Waals surface area (Å²) in [5.41, 5.74) is 0.342. The topological polar surface area (TPSA) is 133 Å². The summed E-state index contributed by atoms with van der Waals surface area (Å²) in [7, 11) is -7.46. The van der Waals surface area contributed by atoms with E-state index in [9.17, 15) is 26.7 Å². The highest BCUT2D eigenvalue weighted by Crippen LogP contribution is 2.43. The minimum absolute atomic E-state index is 0.0426. The summed E-state index contributed by atoms with van der Waals surface area (Å²) in [6.07, 6.45) is 9.79. The number of thiophene rings is 1. The van der Waals surface area contributed by atoms with E-state index in [-0.39, 0.29) is 58.1 Å². The van der Waals surface area contributed by atoms with Gasteiger partial charge in [-0.3, -0.25) is 4.79 Å². The summed E-state index contributed by atoms with van der Waals surface area (Å²) in [6.45, 7) is 0. The standard InChI is InChI=1S/C23H31N3O6S3/c1-34(29,30)12-11-14-13-33-22-20(14)35(31,32)25-21(24-22)18-19(27)16-9-5-6-10-17(16)26(23(18)28)15-7-3-2-4-8-15/h13,15-17,27H,2-12H2,1H3,(H,24,25). The second-order valence-corrected chi connectivity index (χ2v) is 14.7. The number of hydrogen-bond donors (Lipinski definition) is 2. The maximum Gasteiger partial charge on any atom is 0.287 e. The van der Waals surface area contributed by atoms with Crippen molar-refractivity contribution in [3.8, 4) is 0 Å². The lowest BCUT2D eigenvalue weighted by molar-refractivity contribution is -0.137. The molecule has 2 aliphatic heterocycles. The molecule has 2 saturated carbocycles. The van der Waals surface area contributed by atoms with Crippen molar-refractivity contribution in [2.45, 2.75) is 81.2 Å². The van der Waals surface area contributed by atoms with Crippen LogP contribution in [-0.2, 0) is 31.1 Å². The van der Waals surface area contributed by atoms with Gasteiger partial charge in [0.2, 0.25) is 0 Å². The lowest BCUT2D eigenvalue weighted by Crippen LogP contribution is -2.57. The molecule has 192 valence electrons. The van der Waals surface area contributed by atoms with Crippen LogP contribution in [0.25, 0.3) is 0 Å². The van der Waals surface area contributed by atoms with Crippen molar-refractivity contribution < 1.29 is 26.7 Å². The summed E-state index contributed by atoms with van der Waals surface area (Å²) in [6, 6.07) is 0.0226. The molecule has 0 aromatic carbocycles. The highest BCUT2D eigenvalue weighted by molar-refractivity contribution is 7.91. The molecule has 2 atom stereocenters. The smallest absolute Gasteiger partial charge is 0.287 e. The predicted molar refractivity (Wildman–Crippen MR) is 135 cm³/mol. The van der Waals surface area contributed by atoms with Gasteiger partial charge in [0.1, 0.15) is 31.1 Å². The number of nitrogens with zero attached hydrogens (tertiary/aromatic N) is 2. The maximum atomic E-state index is 13.9. The summed E-state index contributed by atoms with van der Waals surface area (Å²) < 4.78 is 53.6. The Balaban J connectivity index is 1.53. The molecule has 4 aliphatic rings. The van der Waals surface area contributed by atoms with E-state index in [0.717, 1.165) is 75.4 Å². The van der Waals surface area contributed by atoms with Crippen LogP contribution < -0.4 is 5.32 Å². The monoisotopic (exact) mass is 541 g/mol. The first-order valence-electron chi connectivity index (χ1n) is 12.2. The maximum absolute atomic E-state index is 13.9. The van der Waals surface area contributed by atoms with Crippen molar-refractivity contribution in [2.24, 2.45) is 10.3 Å². The van der Waals surface area contributed by atoms with Gasteiger partial charge in [-0.25, -0.2) is 8.42 Å². The van der Waals surface area contributed by atoms with Crippen LogP contribution >= 0.6 is 11.3 Å². The second-order valence-electron chi connectivity index (χ2n) is 10.1. The normalized spacial score (nSPS) is 27.2. The number of amides is 1. The van der Waals surface area contributed by atoms with Gasteiger partial charge in [-0.15, -0.1) is 15.7 Å². The molecule has 35 heavy (non-hydrogen) atoms. The summed E-state index contributed by atoms with van der Waals surface area (Å²) in [5, 5.41) is 16.2. The zero-order chi connectivity index (χ0) is 25.0. The number of anilines is 1. The van der Waals surface area contributed by atoms with E-state index in [0.29, 0.717) is 10.6 Å². The lowest BCUT2D eigenvalue weighted by Gasteiger charge is -2.48. The minimum Gasteiger partial charge on any atom is -0.511 e. The average molecular weight is 542 g/mol. The van der Waals surface area contributed by atoms with Crippen LogP contribution in [0.4, 0.5) is 5.00 Å². The molecule has 12 heteroatoms. The van der Waals surface area contributed by atoms with E-state index in [1.54, 1.807) is 5.38 Å². The fourth-order valence-corrected chi connectivity index (χ4v) is 9.24. The van der Waals surface area contributed by atoms with Crippen molar-refractivity contribution in [3.05, 3.63) is 22.3 Å². The molecule has 3 heterocycles. The third-order valence-corrected chi connectivity index (χ3v) is 11.0. The Kier molecular flexibility index (Phi) is 6.50. The van der Waals surface area contributed by atoms with Gasteiger partial charge in [0, 0.05) is 24.3 Å². The van der Waals surface area contributed by atoms with Gasteiger partial charge in [0.05, 0.1) is 5.75 Å². The zero-order valence-electron chi connectivity index (χ0n) is 19.7. The first-order valence-corrected chi connectivity index (χ1v) is 16.6. The Labute approximate surface area is 210 Å². The third-order valence-electron chi connectivity index (χ3n) is 7.61. The SMILES string of the molecule is CS(=O)(=O)CCc1csc2c1S(=O)(=O)N=C(C1=C(O)C3CCCCC3N(C3CCCCC3)C1=O)N2. The predicted octanol–water partition coefficient (Wildman–Crippen LogP) is 3.39. The van der Waals surface area contributed by atoms with Crippen molar-refractivity contribution in [3.63, 3.8) is 0 Å². The highest BCUT2D eigenvalue weighted by Gasteiger charge is 2.48. The van der Waals surface area contributed by atoms with Crippen LogP contribution in [0.15, 0.2) is 26.0 Å². The molecule has 9 nitrogen and oxygen atoms in total. The van der Waals surface area contributed by atoms with Crippen LogP contribution in [0.1, 0.15) is 63.4 Å². The Bertz CT molecular complexity index is 1310. The van der Waals surface area contributed by atoms with Crippen LogP contribution in [0.2, 0.25) is 0 Å². The first-order chi connectivity index (χ1) is 16.6. The molecule has 2 N–H and O–H groups in total. The molecule has 2 fully saturated rings. The van der Waals surface area contributed by atoms with Crippen LogP contribution in [0.5, 0.6) is 0 Å². The van der Waals surface area contributed by atoms with Gasteiger partial charge < -0.3 is 15.3 Å². The number of amidine groups is 1. The van der Waals surface area contributed by atoms with Gasteiger partial charge in [-0.05, 0) is 43.0 Å². The van der Waals surface area contributed by atoms with Gasteiger partial charge in [0.25, 0.3) is 15.9 Å². The van der Waals surface area contributed by atoms with Gasteiger partial charge in [-0.1, -0.05) is 32.1 Å². The molecule has 0 saturated heterocycles. The van der Waals surface area contributed by atoms with Crippen LogP contribution in [0.3, 0.4) is 0 Å². The molecule has 0 spiro atoms. The molecule has 0 radical (unpaired) electrons. The molecular weight excluding hydrogens is 510 g/mol. The summed E-state index contributed by atoms with van der Waals surface area (Å²) in [5.74, 6) is -0.949. The summed E-state index contributed by atoms with van der Waals surface area (Å²) >= 11 is 1.13. The number of aliphatic hydroxyl groups is 1. The van der Waals surface area contributed by atoms with Gasteiger partial charge in [-0.2, -0.15) is 8.42 Å². The lowest BCUT2D eigenvalue weighted by atomic mass is 9.76. The molecule has 2 aliphatic carbocycles. The number of carbonyl (C=O) groups excluding carboxylic acids is 1. The Morgan fingerprint density at radius 1 is 1.14 bits per heavy atom. The van der Waals surface area contributed by atoms with E-state index < -0.39 is 19.9 Å². The second kappa shape index (κ2) is 9.19. The van der Waals surface area contributed by atoms with Crippen LogP contribution in [-0.4, -0.2) is 62.7 Å². The number of aliphatic hydroxyl groups excluding tert-OH is 1. The van der Waals surface area contributed by atoms with E-state index in [1.807, 2.05) is 4.90 Å². The van der Waals surface area contributed by atoms with Gasteiger partial charge in [0.15, 0.2) is 5.84 Å². The Morgan fingerprint density at radius 2 is 1.83 bits per heavy atom. The van der Waals surface area contributed by atoms with Crippen LogP contribution in [0, 0.1) is 5.92 Å². The molecule has 1 aromatic rings.